The summed E-state index contributed by atoms with van der Waals surface area (Å²) in [5, 5.41) is 8.28. The van der Waals surface area contributed by atoms with Crippen LogP contribution in [0.25, 0.3) is 33.1 Å². The SMILES string of the molecule is C=C1CCC(N2C(=O)c3ccc(C(C)C)cc3C2=O)C(=O)C1.C=C1CCC(N2Cc3cc(C(C)C)ccc3C2=O)C(=O)C1.C=C1CCC(N2Cc3ccc(C(C)C)cc3C2=O)C(=O)C1.C=C1CCC(n2c(=O)n(C(C)C)c3ccccc32)C(=O)N1.C=C1CCC(n2c(=O)n(C)c3c(C(C)C)cccc32)C(=O)N1.C=C1CCC(n2c(=O)n(C)c3cc(C(C)C)ccc32)C(=O)N1. The van der Waals surface area contributed by atoms with Crippen LogP contribution in [-0.4, -0.2) is 119 Å². The highest BCUT2D eigenvalue weighted by molar-refractivity contribution is 6.23. The lowest BCUT2D eigenvalue weighted by Gasteiger charge is -2.30. The van der Waals surface area contributed by atoms with Crippen LogP contribution in [0.3, 0.4) is 0 Å². The molecule has 3 N–H and O–H groups in total. The molecule has 6 fully saturated rings. The number of benzene rings is 6. The van der Waals surface area contributed by atoms with Crippen LogP contribution < -0.4 is 33.0 Å². The molecular formula is C104H122N12O13. The fraction of sp³-hybridized carbons (Fsp3) is 0.413. The minimum atomic E-state index is -0.639. The van der Waals surface area contributed by atoms with Crippen LogP contribution in [-0.2, 0) is 56.0 Å². The summed E-state index contributed by atoms with van der Waals surface area (Å²) in [6.07, 6.45) is 9.30. The second-order valence-electron chi connectivity index (χ2n) is 37.5. The quantitative estimate of drug-likeness (QED) is 0.0758. The first-order chi connectivity index (χ1) is 61.1. The number of imidazole rings is 3. The number of aromatic nitrogens is 6. The van der Waals surface area contributed by atoms with Crippen LogP contribution in [0.15, 0.2) is 203 Å². The summed E-state index contributed by atoms with van der Waals surface area (Å²) >= 11 is 0. The maximum Gasteiger partial charge on any atom is 0.330 e. The van der Waals surface area contributed by atoms with E-state index in [2.05, 4.69) is 123 Å². The van der Waals surface area contributed by atoms with Crippen LogP contribution in [0.1, 0.15) is 314 Å². The number of rotatable bonds is 12. The Kier molecular flexibility index (Phi) is 28.0. The molecule has 6 aromatic carbocycles. The van der Waals surface area contributed by atoms with Gasteiger partial charge in [0, 0.05) is 80.7 Å². The number of hydrogen-bond donors (Lipinski definition) is 3. The van der Waals surface area contributed by atoms with Gasteiger partial charge in [-0.1, -0.05) is 186 Å². The van der Waals surface area contributed by atoms with E-state index in [1.54, 1.807) is 63.4 Å². The molecule has 3 aromatic heterocycles. The number of carbonyl (C=O) groups excluding carboxylic acids is 10. The number of imide groups is 1. The van der Waals surface area contributed by atoms with Gasteiger partial charge in [-0.25, -0.2) is 14.4 Å². The number of fused-ring (bicyclic) bond motifs is 6. The molecule has 676 valence electrons. The number of para-hydroxylation sites is 3. The third-order valence-electron chi connectivity index (χ3n) is 26.4. The summed E-state index contributed by atoms with van der Waals surface area (Å²) in [7, 11) is 3.53. The molecule has 6 unspecified atom stereocenters. The lowest BCUT2D eigenvalue weighted by atomic mass is 9.89. The van der Waals surface area contributed by atoms with Gasteiger partial charge in [-0.15, -0.1) is 0 Å². The summed E-state index contributed by atoms with van der Waals surface area (Å²) in [5.41, 5.74) is 19.9. The van der Waals surface area contributed by atoms with Gasteiger partial charge < -0.3 is 25.8 Å². The molecule has 129 heavy (non-hydrogen) atoms. The Morgan fingerprint density at radius 2 is 0.713 bits per heavy atom. The Balaban J connectivity index is 0.000000132. The van der Waals surface area contributed by atoms with Crippen molar-refractivity contribution < 1.29 is 47.9 Å². The molecule has 6 atom stereocenters. The Morgan fingerprint density at radius 1 is 0.326 bits per heavy atom. The van der Waals surface area contributed by atoms with Crippen molar-refractivity contribution in [1.29, 1.82) is 0 Å². The largest absolute Gasteiger partial charge is 0.330 e. The summed E-state index contributed by atoms with van der Waals surface area (Å²) in [4.78, 5) is 167. The van der Waals surface area contributed by atoms with Crippen molar-refractivity contribution in [1.82, 2.24) is 58.1 Å². The first kappa shape index (κ1) is 93.7. The van der Waals surface area contributed by atoms with Gasteiger partial charge in [0.25, 0.3) is 23.6 Å². The summed E-state index contributed by atoms with van der Waals surface area (Å²) in [6.45, 7) is 49.1. The van der Waals surface area contributed by atoms with Crippen molar-refractivity contribution in [3.63, 3.8) is 0 Å². The van der Waals surface area contributed by atoms with Crippen molar-refractivity contribution in [2.75, 3.05) is 0 Å². The molecule has 9 aliphatic rings. The van der Waals surface area contributed by atoms with Crippen molar-refractivity contribution in [3.8, 4) is 0 Å². The molecule has 3 saturated heterocycles. The minimum absolute atomic E-state index is 0.00571. The predicted molar refractivity (Wildman–Crippen MR) is 503 cm³/mol. The summed E-state index contributed by atoms with van der Waals surface area (Å²) in [6, 6.07) is 34.6. The van der Waals surface area contributed by atoms with Gasteiger partial charge in [0.15, 0.2) is 17.3 Å². The zero-order valence-electron chi connectivity index (χ0n) is 77.0. The van der Waals surface area contributed by atoms with E-state index in [0.29, 0.717) is 125 Å². The van der Waals surface area contributed by atoms with E-state index in [0.717, 1.165) is 118 Å². The fourth-order valence-corrected chi connectivity index (χ4v) is 18.9. The van der Waals surface area contributed by atoms with Gasteiger partial charge in [0.2, 0.25) is 17.7 Å². The number of Topliss-reactive ketones (excluding diaryl/α,β-unsaturated/α-hetero) is 3. The first-order valence-electron chi connectivity index (χ1n) is 45.2. The number of nitrogens with one attached hydrogen (secondary N) is 3. The molecule has 0 spiro atoms. The standard InChI is InChI=1S/C18H19NO3.2C18H21NO2.2C17H21N3O2.C16H19N3O2/c1-10(2)12-5-6-13-14(9-12)18(22)19(17(13)21)15-7-4-11(3)8-16(15)20;1-11(2)13-5-6-15-14(9-13)10-19(18(15)21)16-7-4-12(3)8-17(16)20;1-11(2)13-5-6-14-10-19(18(21)15(14)9-13)16-7-4-12(3)8-17(16)20;1-10(2)12-6-8-13-15(9-12)19(4)17(22)20(13)14-7-5-11(3)18-16(14)21;1-10(2)12-6-5-7-13-15(12)19(4)17(22)20(13)14-9-8-11(3)18-16(14)21;1-10(2)18-12-6-4-5-7-13(12)19(16(18)21)14-9-8-11(3)17-15(14)20/h5-6,9-10,15H,3-4,7-8H2,1-2H3;2*5-6,9,11,16H,3-4,7-8,10H2,1-2H3;6,8-10,14H,3,5,7H2,1-2,4H3,(H,18,21);5-7,10,14H,3,8-9H2,1-2,4H3,(H,18,21);4-7,10,14H,3,8-9H2,1-2H3,(H,17,20). The molecule has 7 amide bonds. The lowest BCUT2D eigenvalue weighted by Crippen LogP contribution is -2.46. The summed E-state index contributed by atoms with van der Waals surface area (Å²) < 4.78 is 9.88. The Hall–Kier alpha value is -12.9. The third kappa shape index (κ3) is 19.0. The van der Waals surface area contributed by atoms with E-state index in [9.17, 15) is 62.3 Å². The highest BCUT2D eigenvalue weighted by Crippen LogP contribution is 2.39. The van der Waals surface area contributed by atoms with Gasteiger partial charge in [-0.2, -0.15) is 0 Å². The molecule has 18 rings (SSSR count). The third-order valence-corrected chi connectivity index (χ3v) is 26.4. The number of nitrogens with zero attached hydrogens (tertiary/aromatic N) is 9. The fourth-order valence-electron chi connectivity index (χ4n) is 18.9. The molecule has 3 aliphatic carbocycles. The van der Waals surface area contributed by atoms with E-state index < -0.39 is 24.2 Å². The molecule has 0 radical (unpaired) electrons. The maximum atomic E-state index is 12.8. The van der Waals surface area contributed by atoms with Crippen molar-refractivity contribution in [2.24, 2.45) is 14.1 Å². The van der Waals surface area contributed by atoms with Gasteiger partial charge >= 0.3 is 17.1 Å². The zero-order valence-corrected chi connectivity index (χ0v) is 77.0. The number of hydrogen-bond acceptors (Lipinski definition) is 13. The smallest absolute Gasteiger partial charge is 0.329 e. The van der Waals surface area contributed by atoms with Crippen LogP contribution in [0.4, 0.5) is 0 Å². The van der Waals surface area contributed by atoms with Crippen molar-refractivity contribution >= 4 is 91.8 Å². The van der Waals surface area contributed by atoms with Crippen molar-refractivity contribution in [3.05, 3.63) is 281 Å². The van der Waals surface area contributed by atoms with E-state index in [1.165, 1.54) is 16.7 Å². The molecule has 0 bridgehead atoms. The second kappa shape index (κ2) is 38.6. The molecule has 9 heterocycles. The topological polar surface area (TPSA) is 297 Å². The van der Waals surface area contributed by atoms with Crippen molar-refractivity contribution in [2.45, 2.75) is 264 Å². The molecule has 9 aromatic rings. The molecule has 3 saturated carbocycles. The lowest BCUT2D eigenvalue weighted by molar-refractivity contribution is -0.125. The molecule has 6 aliphatic heterocycles. The average Bonchev–Trinajstić information content (AvgIpc) is 1.59. The average molecular weight is 1750 g/mol. The first-order valence-corrected chi connectivity index (χ1v) is 45.2. The minimum Gasteiger partial charge on any atom is -0.329 e. The Bertz CT molecular complexity index is 6320. The molecule has 25 nitrogen and oxygen atoms in total. The van der Waals surface area contributed by atoms with E-state index >= 15 is 0 Å². The van der Waals surface area contributed by atoms with Gasteiger partial charge in [0.1, 0.15) is 18.1 Å². The highest BCUT2D eigenvalue weighted by Gasteiger charge is 2.45. The van der Waals surface area contributed by atoms with Crippen LogP contribution >= 0.6 is 0 Å². The van der Waals surface area contributed by atoms with Crippen LogP contribution in [0, 0.1) is 0 Å². The number of piperidine rings is 3. The molecular weight excluding hydrogens is 1630 g/mol. The highest BCUT2D eigenvalue weighted by atomic mass is 16.2. The number of ketones is 3. The van der Waals surface area contributed by atoms with Crippen LogP contribution in [0.2, 0.25) is 0 Å². The monoisotopic (exact) mass is 1750 g/mol. The second-order valence-corrected chi connectivity index (χ2v) is 37.5. The summed E-state index contributed by atoms with van der Waals surface area (Å²) in [5.74, 6) is 0.883. The number of amides is 7. The molecule has 25 heteroatoms. The van der Waals surface area contributed by atoms with E-state index in [4.69, 9.17) is 0 Å². The normalized spacial score (nSPS) is 20.5. The van der Waals surface area contributed by atoms with Gasteiger partial charge in [-0.3, -0.25) is 80.2 Å². The zero-order chi connectivity index (χ0) is 93.5. The number of allylic oxidation sites excluding steroid dienone is 6. The predicted octanol–water partition coefficient (Wildman–Crippen LogP) is 17.2. The Labute approximate surface area is 753 Å². The maximum absolute atomic E-state index is 12.8. The number of carbonyl (C=O) groups is 10. The van der Waals surface area contributed by atoms with Gasteiger partial charge in [-0.05, 0) is 214 Å². The van der Waals surface area contributed by atoms with Crippen LogP contribution in [0.5, 0.6) is 0 Å². The Morgan fingerprint density at radius 3 is 1.19 bits per heavy atom. The van der Waals surface area contributed by atoms with E-state index in [1.807, 2.05) is 119 Å². The number of aryl methyl sites for hydroxylation is 2. The van der Waals surface area contributed by atoms with E-state index in [-0.39, 0.29) is 106 Å². The van der Waals surface area contributed by atoms with Gasteiger partial charge in [0.05, 0.1) is 62.4 Å².